The minimum absolute atomic E-state index is 0.129. The molecule has 1 aromatic heterocycles. The number of aromatic nitrogens is 2. The molecule has 86 valence electrons. The Labute approximate surface area is 98.7 Å². The Bertz CT molecular complexity index is 496. The Kier molecular flexibility index (Phi) is 3.30. The third-order valence-electron chi connectivity index (χ3n) is 2.18. The van der Waals surface area contributed by atoms with E-state index in [1.807, 2.05) is 12.1 Å². The van der Waals surface area contributed by atoms with E-state index >= 15 is 0 Å². The summed E-state index contributed by atoms with van der Waals surface area (Å²) in [4.78, 5) is 19.5. The highest BCUT2D eigenvalue weighted by atomic mass is 16.1. The van der Waals surface area contributed by atoms with Gasteiger partial charge in [0.25, 0.3) is 0 Å². The smallest absolute Gasteiger partial charge is 0.229 e. The number of nitrogen functional groups attached to an aromatic ring is 1. The average Bonchev–Trinajstić information content (AvgIpc) is 2.33. The Morgan fingerprint density at radius 3 is 2.65 bits per heavy atom. The number of rotatable bonds is 3. The van der Waals surface area contributed by atoms with Gasteiger partial charge in [-0.05, 0) is 17.7 Å². The van der Waals surface area contributed by atoms with Crippen molar-refractivity contribution in [3.63, 3.8) is 0 Å². The second-order valence-corrected chi connectivity index (χ2v) is 3.56. The number of carbonyl (C=O) groups excluding carboxylic acids is 1. The first-order valence-electron chi connectivity index (χ1n) is 5.14. The zero-order valence-corrected chi connectivity index (χ0v) is 9.13. The van der Waals surface area contributed by atoms with E-state index in [9.17, 15) is 4.79 Å². The first-order valence-corrected chi connectivity index (χ1v) is 5.14. The van der Waals surface area contributed by atoms with Crippen LogP contribution in [-0.2, 0) is 11.2 Å². The normalized spacial score (nSPS) is 9.88. The lowest BCUT2D eigenvalue weighted by atomic mass is 10.1. The molecule has 17 heavy (non-hydrogen) atoms. The van der Waals surface area contributed by atoms with Gasteiger partial charge in [-0.25, -0.2) is 4.98 Å². The molecule has 1 aromatic carbocycles. The number of anilines is 2. The number of amides is 1. The monoisotopic (exact) mass is 228 g/mol. The van der Waals surface area contributed by atoms with Gasteiger partial charge in [-0.3, -0.25) is 9.78 Å². The Morgan fingerprint density at radius 1 is 1.24 bits per heavy atom. The SMILES string of the molecule is Nc1ccc(CC(=O)Nc2cnccn2)cc1. The summed E-state index contributed by atoms with van der Waals surface area (Å²) in [6, 6.07) is 7.19. The van der Waals surface area contributed by atoms with Crippen LogP contribution in [0.5, 0.6) is 0 Å². The van der Waals surface area contributed by atoms with E-state index in [-0.39, 0.29) is 12.3 Å². The molecular weight excluding hydrogens is 216 g/mol. The molecular formula is C12H12N4O. The summed E-state index contributed by atoms with van der Waals surface area (Å²) < 4.78 is 0. The second kappa shape index (κ2) is 5.07. The van der Waals surface area contributed by atoms with Crippen LogP contribution in [0.3, 0.4) is 0 Å². The quantitative estimate of drug-likeness (QED) is 0.774. The van der Waals surface area contributed by atoms with E-state index in [2.05, 4.69) is 15.3 Å². The molecule has 0 spiro atoms. The van der Waals surface area contributed by atoms with E-state index in [4.69, 9.17) is 5.73 Å². The van der Waals surface area contributed by atoms with Crippen molar-refractivity contribution in [1.82, 2.24) is 9.97 Å². The number of nitrogens with two attached hydrogens (primary N) is 1. The molecule has 0 atom stereocenters. The molecule has 3 N–H and O–H groups in total. The van der Waals surface area contributed by atoms with E-state index in [1.54, 1.807) is 18.3 Å². The van der Waals surface area contributed by atoms with E-state index < -0.39 is 0 Å². The van der Waals surface area contributed by atoms with Crippen molar-refractivity contribution in [1.29, 1.82) is 0 Å². The van der Waals surface area contributed by atoms with Gasteiger partial charge in [0.05, 0.1) is 12.6 Å². The fraction of sp³-hybridized carbons (Fsp3) is 0.0833. The van der Waals surface area contributed by atoms with Crippen LogP contribution in [0.2, 0.25) is 0 Å². The molecule has 0 aliphatic rings. The minimum atomic E-state index is -0.129. The minimum Gasteiger partial charge on any atom is -0.399 e. The van der Waals surface area contributed by atoms with Crippen molar-refractivity contribution in [2.24, 2.45) is 0 Å². The molecule has 0 fully saturated rings. The van der Waals surface area contributed by atoms with Crippen LogP contribution in [0.1, 0.15) is 5.56 Å². The molecule has 2 rings (SSSR count). The first kappa shape index (κ1) is 11.1. The zero-order chi connectivity index (χ0) is 12.1. The number of hydrogen-bond acceptors (Lipinski definition) is 4. The fourth-order valence-corrected chi connectivity index (χ4v) is 1.37. The van der Waals surface area contributed by atoms with Gasteiger partial charge in [0.2, 0.25) is 5.91 Å². The molecule has 1 heterocycles. The summed E-state index contributed by atoms with van der Waals surface area (Å²) in [5.74, 6) is 0.322. The van der Waals surface area contributed by atoms with Gasteiger partial charge in [-0.1, -0.05) is 12.1 Å². The molecule has 5 nitrogen and oxygen atoms in total. The summed E-state index contributed by atoms with van der Waals surface area (Å²) in [6.45, 7) is 0. The molecule has 2 aromatic rings. The molecule has 0 aliphatic heterocycles. The van der Waals surface area contributed by atoms with Crippen LogP contribution in [0.4, 0.5) is 11.5 Å². The second-order valence-electron chi connectivity index (χ2n) is 3.56. The van der Waals surface area contributed by atoms with Crippen LogP contribution in [0.25, 0.3) is 0 Å². The fourth-order valence-electron chi connectivity index (χ4n) is 1.37. The number of nitrogens with zero attached hydrogens (tertiary/aromatic N) is 2. The summed E-state index contributed by atoms with van der Waals surface area (Å²) in [5.41, 5.74) is 7.15. The van der Waals surface area contributed by atoms with Crippen LogP contribution < -0.4 is 11.1 Å². The third-order valence-corrected chi connectivity index (χ3v) is 2.18. The highest BCUT2D eigenvalue weighted by molar-refractivity contribution is 5.91. The van der Waals surface area contributed by atoms with Crippen LogP contribution >= 0.6 is 0 Å². The van der Waals surface area contributed by atoms with Crippen LogP contribution in [-0.4, -0.2) is 15.9 Å². The van der Waals surface area contributed by atoms with E-state index in [0.717, 1.165) is 5.56 Å². The predicted octanol–water partition coefficient (Wildman–Crippen LogP) is 1.24. The molecule has 0 saturated carbocycles. The van der Waals surface area contributed by atoms with Crippen molar-refractivity contribution in [3.8, 4) is 0 Å². The Hall–Kier alpha value is -2.43. The lowest BCUT2D eigenvalue weighted by Gasteiger charge is -2.03. The lowest BCUT2D eigenvalue weighted by Crippen LogP contribution is -2.15. The molecule has 0 bridgehead atoms. The summed E-state index contributed by atoms with van der Waals surface area (Å²) in [7, 11) is 0. The van der Waals surface area contributed by atoms with Gasteiger partial charge < -0.3 is 11.1 Å². The predicted molar refractivity (Wildman–Crippen MR) is 65.2 cm³/mol. The molecule has 0 saturated heterocycles. The average molecular weight is 228 g/mol. The maximum atomic E-state index is 11.7. The zero-order valence-electron chi connectivity index (χ0n) is 9.13. The van der Waals surface area contributed by atoms with Gasteiger partial charge in [0.15, 0.2) is 5.82 Å². The van der Waals surface area contributed by atoms with Crippen molar-refractivity contribution in [3.05, 3.63) is 48.4 Å². The number of benzene rings is 1. The molecule has 1 amide bonds. The Morgan fingerprint density at radius 2 is 2.00 bits per heavy atom. The van der Waals surface area contributed by atoms with Crippen LogP contribution in [0, 0.1) is 0 Å². The van der Waals surface area contributed by atoms with Gasteiger partial charge in [-0.2, -0.15) is 0 Å². The van der Waals surface area contributed by atoms with Gasteiger partial charge in [0.1, 0.15) is 0 Å². The van der Waals surface area contributed by atoms with E-state index in [0.29, 0.717) is 11.5 Å². The van der Waals surface area contributed by atoms with Crippen molar-refractivity contribution in [2.45, 2.75) is 6.42 Å². The van der Waals surface area contributed by atoms with Gasteiger partial charge in [-0.15, -0.1) is 0 Å². The van der Waals surface area contributed by atoms with Gasteiger partial charge in [0, 0.05) is 18.1 Å². The standard InChI is InChI=1S/C12H12N4O/c13-10-3-1-9(2-4-10)7-12(17)16-11-8-14-5-6-15-11/h1-6,8H,7,13H2,(H,15,16,17). The number of carbonyl (C=O) groups is 1. The summed E-state index contributed by atoms with van der Waals surface area (Å²) in [6.07, 6.45) is 4.87. The first-order chi connectivity index (χ1) is 8.24. The number of nitrogens with one attached hydrogen (secondary N) is 1. The lowest BCUT2D eigenvalue weighted by molar-refractivity contribution is -0.115. The van der Waals surface area contributed by atoms with E-state index in [1.165, 1.54) is 12.4 Å². The van der Waals surface area contributed by atoms with Gasteiger partial charge >= 0.3 is 0 Å². The molecule has 5 heteroatoms. The Balaban J connectivity index is 1.96. The summed E-state index contributed by atoms with van der Waals surface area (Å²) in [5, 5.41) is 2.66. The summed E-state index contributed by atoms with van der Waals surface area (Å²) >= 11 is 0. The number of hydrogen-bond donors (Lipinski definition) is 2. The molecule has 0 unspecified atom stereocenters. The van der Waals surface area contributed by atoms with Crippen molar-refractivity contribution < 1.29 is 4.79 Å². The van der Waals surface area contributed by atoms with Crippen LogP contribution in [0.15, 0.2) is 42.9 Å². The highest BCUT2D eigenvalue weighted by Gasteiger charge is 2.04. The topological polar surface area (TPSA) is 80.9 Å². The van der Waals surface area contributed by atoms with Crippen molar-refractivity contribution in [2.75, 3.05) is 11.1 Å². The maximum absolute atomic E-state index is 11.7. The molecule has 0 aliphatic carbocycles. The molecule has 0 radical (unpaired) electrons. The highest BCUT2D eigenvalue weighted by Crippen LogP contribution is 2.07. The largest absolute Gasteiger partial charge is 0.399 e. The third kappa shape index (κ3) is 3.27. The van der Waals surface area contributed by atoms with Crippen molar-refractivity contribution >= 4 is 17.4 Å². The maximum Gasteiger partial charge on any atom is 0.229 e.